The van der Waals surface area contributed by atoms with Crippen molar-refractivity contribution >= 4 is 11.7 Å². The van der Waals surface area contributed by atoms with Crippen LogP contribution in [0.4, 0.5) is 5.82 Å². The van der Waals surface area contributed by atoms with Crippen LogP contribution in [0.25, 0.3) is 22.8 Å². The second-order valence-corrected chi connectivity index (χ2v) is 7.71. The molecule has 5 rings (SSSR count). The second-order valence-electron chi connectivity index (χ2n) is 7.71. The molecule has 0 radical (unpaired) electrons. The minimum atomic E-state index is -1.72. The lowest BCUT2D eigenvalue weighted by Gasteiger charge is -2.16. The maximum Gasteiger partial charge on any atom is 0.262 e. The number of carbonyl (C=O) groups excluding carboxylic acids is 1. The Hall–Kier alpha value is -4.12. The summed E-state index contributed by atoms with van der Waals surface area (Å²) in [6.45, 7) is 3.13. The van der Waals surface area contributed by atoms with Gasteiger partial charge in [-0.15, -0.1) is 0 Å². The van der Waals surface area contributed by atoms with Crippen LogP contribution < -0.4 is 5.62 Å². The van der Waals surface area contributed by atoms with E-state index in [1.807, 2.05) is 13.1 Å². The van der Waals surface area contributed by atoms with Crippen molar-refractivity contribution in [1.29, 1.82) is 0 Å². The third kappa shape index (κ3) is 3.82. The first-order chi connectivity index (χ1) is 16.4. The number of likely N-dealkylation sites (N-methyl/N-ethyl adjacent to an activating group) is 1. The van der Waals surface area contributed by atoms with Gasteiger partial charge in [0.25, 0.3) is 5.91 Å². The van der Waals surface area contributed by atoms with Gasteiger partial charge in [-0.25, -0.2) is 9.97 Å². The lowest BCUT2D eigenvalue weighted by Crippen LogP contribution is -2.35. The normalized spacial score (nSPS) is 19.4. The van der Waals surface area contributed by atoms with E-state index in [0.29, 0.717) is 35.1 Å². The number of aliphatic hydroxyl groups is 1. The molecule has 33 heavy (non-hydrogen) atoms. The number of H-pyrrole nitrogens is 1. The molecule has 0 unspecified atom stereocenters. The van der Waals surface area contributed by atoms with Gasteiger partial charge in [-0.1, -0.05) is 11.2 Å². The number of carbonyl (C=O) groups is 1. The monoisotopic (exact) mass is 447 g/mol. The van der Waals surface area contributed by atoms with Crippen LogP contribution in [-0.2, 0) is 16.9 Å². The van der Waals surface area contributed by atoms with Crippen molar-refractivity contribution in [2.75, 3.05) is 13.6 Å². The summed E-state index contributed by atoms with van der Waals surface area (Å²) in [4.78, 5) is 30.0. The van der Waals surface area contributed by atoms with E-state index in [0.717, 1.165) is 6.54 Å². The van der Waals surface area contributed by atoms with Crippen LogP contribution in [-0.4, -0.2) is 59.4 Å². The van der Waals surface area contributed by atoms with Crippen LogP contribution in [0, 0.1) is 0 Å². The molecule has 1 aliphatic heterocycles. The summed E-state index contributed by atoms with van der Waals surface area (Å²) in [5, 5.41) is 19.1. The smallest absolute Gasteiger partial charge is 0.262 e. The number of amides is 1. The van der Waals surface area contributed by atoms with Gasteiger partial charge in [-0.2, -0.15) is 10.1 Å². The fraction of sp³-hybridized carbons (Fsp3) is 0.273. The second kappa shape index (κ2) is 8.10. The first kappa shape index (κ1) is 19.6. The molecule has 11 nitrogen and oxygen atoms in total. The summed E-state index contributed by atoms with van der Waals surface area (Å²) in [6, 6.07) is 10.1. The fourth-order valence-corrected chi connectivity index (χ4v) is 3.63. The van der Waals surface area contributed by atoms with E-state index in [4.69, 9.17) is 5.89 Å². The quantitative estimate of drug-likeness (QED) is 0.474. The SMILES string of the molecule is [2H]c1cc(-c2cccc(-c3cc([C@]4(O)CCN(C)C4=O)on3)n2)[nH]c(=Nc2ccn(CC)n2)n1. The molecule has 2 N–H and O–H groups in total. The molecule has 0 aromatic carbocycles. The summed E-state index contributed by atoms with van der Waals surface area (Å²) < 4.78 is 15.1. The molecule has 5 heterocycles. The first-order valence-electron chi connectivity index (χ1n) is 10.9. The zero-order valence-corrected chi connectivity index (χ0v) is 18.1. The lowest BCUT2D eigenvalue weighted by molar-refractivity contribution is -0.144. The maximum atomic E-state index is 12.4. The maximum absolute atomic E-state index is 12.4. The highest BCUT2D eigenvalue weighted by Gasteiger charge is 2.48. The van der Waals surface area contributed by atoms with Gasteiger partial charge in [-0.3, -0.25) is 9.48 Å². The number of nitrogens with zero attached hydrogens (tertiary/aromatic N) is 7. The lowest BCUT2D eigenvalue weighted by atomic mass is 9.98. The summed E-state index contributed by atoms with van der Waals surface area (Å²) in [5.74, 6) is 0.135. The van der Waals surface area contributed by atoms with E-state index in [-0.39, 0.29) is 24.0 Å². The van der Waals surface area contributed by atoms with Crippen molar-refractivity contribution in [2.24, 2.45) is 4.99 Å². The Labute approximate surface area is 189 Å². The van der Waals surface area contributed by atoms with Crippen molar-refractivity contribution in [1.82, 2.24) is 34.8 Å². The van der Waals surface area contributed by atoms with E-state index < -0.39 is 11.5 Å². The number of aryl methyl sites for hydroxylation is 1. The summed E-state index contributed by atoms with van der Waals surface area (Å²) in [5.41, 5.74) is 0.424. The minimum Gasteiger partial charge on any atom is -0.373 e. The van der Waals surface area contributed by atoms with Gasteiger partial charge >= 0.3 is 0 Å². The highest BCUT2D eigenvalue weighted by Crippen LogP contribution is 2.34. The predicted molar refractivity (Wildman–Crippen MR) is 117 cm³/mol. The van der Waals surface area contributed by atoms with Crippen LogP contribution in [0.3, 0.4) is 0 Å². The van der Waals surface area contributed by atoms with Gasteiger partial charge in [0.15, 0.2) is 11.6 Å². The molecule has 4 aromatic heterocycles. The topological polar surface area (TPSA) is 138 Å². The molecule has 0 spiro atoms. The molecule has 0 saturated carbocycles. The molecular weight excluding hydrogens is 424 g/mol. The Morgan fingerprint density at radius 1 is 1.30 bits per heavy atom. The Morgan fingerprint density at radius 3 is 2.91 bits per heavy atom. The average molecular weight is 447 g/mol. The largest absolute Gasteiger partial charge is 0.373 e. The summed E-state index contributed by atoms with van der Waals surface area (Å²) in [7, 11) is 1.63. The number of pyridine rings is 1. The zero-order chi connectivity index (χ0) is 23.9. The van der Waals surface area contributed by atoms with Gasteiger partial charge in [0.2, 0.25) is 11.2 Å². The molecule has 0 bridgehead atoms. The third-order valence-electron chi connectivity index (χ3n) is 5.51. The first-order valence-corrected chi connectivity index (χ1v) is 10.4. The molecule has 1 saturated heterocycles. The Bertz CT molecular complexity index is 1440. The Balaban J connectivity index is 1.48. The van der Waals surface area contributed by atoms with Crippen LogP contribution in [0.5, 0.6) is 0 Å². The number of hydrogen-bond donors (Lipinski definition) is 2. The van der Waals surface area contributed by atoms with Crippen LogP contribution >= 0.6 is 0 Å². The molecule has 1 amide bonds. The number of likely N-dealkylation sites (tertiary alicyclic amines) is 1. The molecule has 11 heteroatoms. The van der Waals surface area contributed by atoms with Gasteiger partial charge in [-0.05, 0) is 25.1 Å². The van der Waals surface area contributed by atoms with Crippen molar-refractivity contribution in [3.8, 4) is 22.8 Å². The van der Waals surface area contributed by atoms with Gasteiger partial charge in [0.05, 0.1) is 18.5 Å². The fourth-order valence-electron chi connectivity index (χ4n) is 3.63. The average Bonchev–Trinajstić information content (AvgIpc) is 3.56. The highest BCUT2D eigenvalue weighted by atomic mass is 16.5. The highest BCUT2D eigenvalue weighted by molar-refractivity contribution is 5.87. The van der Waals surface area contributed by atoms with E-state index in [1.54, 1.807) is 42.1 Å². The van der Waals surface area contributed by atoms with E-state index in [2.05, 4.69) is 30.2 Å². The van der Waals surface area contributed by atoms with Gasteiger partial charge < -0.3 is 19.5 Å². The Kier molecular flexibility index (Phi) is 4.80. The van der Waals surface area contributed by atoms with E-state index in [9.17, 15) is 9.90 Å². The van der Waals surface area contributed by atoms with Crippen LogP contribution in [0.2, 0.25) is 0 Å². The van der Waals surface area contributed by atoms with Crippen molar-refractivity contribution in [3.63, 3.8) is 0 Å². The standard InChI is InChI=1S/C22H22N8O3/c1-3-30-11-8-19(27-30)26-21-23-10-7-16(25-21)14-5-4-6-15(24-14)17-13-18(33-28-17)22(32)9-12-29(2)20(22)31/h4-8,10-11,13,32H,3,9,12H2,1-2H3,(H,23,25,26,27)/t22-/m1/s1/i10D. The molecule has 4 aromatic rings. The number of aromatic amines is 1. The van der Waals surface area contributed by atoms with Crippen LogP contribution in [0.1, 0.15) is 20.5 Å². The number of rotatable bonds is 5. The Morgan fingerprint density at radius 2 is 2.15 bits per heavy atom. The van der Waals surface area contributed by atoms with Crippen molar-refractivity contribution in [3.05, 3.63) is 60.1 Å². The minimum absolute atomic E-state index is 0.0180. The zero-order valence-electron chi connectivity index (χ0n) is 19.1. The van der Waals surface area contributed by atoms with E-state index >= 15 is 0 Å². The van der Waals surface area contributed by atoms with Gasteiger partial charge in [0, 0.05) is 51.1 Å². The summed E-state index contributed by atoms with van der Waals surface area (Å²) in [6.07, 6.45) is 2.06. The van der Waals surface area contributed by atoms with Crippen LogP contribution in [0.15, 0.2) is 58.3 Å². The number of aromatic nitrogens is 6. The molecular formula is C22H22N8O3. The van der Waals surface area contributed by atoms with E-state index in [1.165, 1.54) is 11.0 Å². The predicted octanol–water partition coefficient (Wildman–Crippen LogP) is 1.63. The molecule has 0 aliphatic carbocycles. The summed E-state index contributed by atoms with van der Waals surface area (Å²) >= 11 is 0. The number of nitrogens with one attached hydrogen (secondary N) is 1. The molecule has 1 fully saturated rings. The molecule has 1 atom stereocenters. The van der Waals surface area contributed by atoms with Crippen molar-refractivity contribution < 1.29 is 15.8 Å². The number of hydrogen-bond acceptors (Lipinski definition) is 8. The van der Waals surface area contributed by atoms with Gasteiger partial charge in [0.1, 0.15) is 5.69 Å². The molecule has 1 aliphatic rings. The molecule has 168 valence electrons. The van der Waals surface area contributed by atoms with Crippen molar-refractivity contribution in [2.45, 2.75) is 25.5 Å². The third-order valence-corrected chi connectivity index (χ3v) is 5.51.